The molecule has 0 unspecified atom stereocenters. The highest BCUT2D eigenvalue weighted by atomic mass is 32.2. The van der Waals surface area contributed by atoms with Crippen molar-refractivity contribution in [1.29, 1.82) is 5.26 Å². The number of ether oxygens (including phenoxy) is 2. The van der Waals surface area contributed by atoms with E-state index < -0.39 is 12.5 Å². The summed E-state index contributed by atoms with van der Waals surface area (Å²) in [6.45, 7) is 7.00. The van der Waals surface area contributed by atoms with Gasteiger partial charge in [-0.05, 0) is 12.8 Å². The van der Waals surface area contributed by atoms with Crippen molar-refractivity contribution in [2.75, 3.05) is 87.7 Å². The van der Waals surface area contributed by atoms with Crippen LogP contribution < -0.4 is 25.6 Å². The summed E-state index contributed by atoms with van der Waals surface area (Å²) in [5.41, 5.74) is 7.80. The lowest BCUT2D eigenvalue weighted by atomic mass is 9.88. The van der Waals surface area contributed by atoms with Crippen LogP contribution in [0.5, 0.6) is 6.01 Å². The van der Waals surface area contributed by atoms with Gasteiger partial charge in [-0.25, -0.2) is 8.78 Å². The molecule has 5 aliphatic rings. The molecule has 41 heavy (non-hydrogen) atoms. The van der Waals surface area contributed by atoms with Gasteiger partial charge >= 0.3 is 6.01 Å². The van der Waals surface area contributed by atoms with Crippen molar-refractivity contribution in [3.8, 4) is 12.1 Å². The first-order chi connectivity index (χ1) is 19.9. The Kier molecular flexibility index (Phi) is 7.09. The monoisotopic (exact) mass is 605 g/mol. The number of nitrogens with zero attached hydrogens (tertiary/aromatic N) is 7. The zero-order chi connectivity index (χ0) is 28.2. The van der Waals surface area contributed by atoms with E-state index in [9.17, 15) is 14.0 Å². The lowest BCUT2D eigenvalue weighted by Crippen LogP contribution is -2.58. The molecule has 7 rings (SSSR count). The first-order valence-electron chi connectivity index (χ1n) is 14.0. The number of aromatic nitrogens is 3. The number of hydrogen-bond donors (Lipinski definition) is 2. The molecule has 15 heteroatoms. The minimum absolute atomic E-state index is 0.0507. The highest BCUT2D eigenvalue weighted by molar-refractivity contribution is 8.00. The lowest BCUT2D eigenvalue weighted by molar-refractivity contribution is 0.0231. The molecule has 2 aromatic heterocycles. The van der Waals surface area contributed by atoms with Gasteiger partial charge in [0.05, 0.1) is 30.1 Å². The topological polar surface area (TPSA) is 129 Å². The van der Waals surface area contributed by atoms with Crippen LogP contribution in [-0.4, -0.2) is 104 Å². The number of nitrogen functional groups attached to an aromatic ring is 1. The summed E-state index contributed by atoms with van der Waals surface area (Å²) in [5, 5.41) is 13.4. The Bertz CT molecular complexity index is 1340. The molecule has 2 aromatic rings. The van der Waals surface area contributed by atoms with E-state index in [1.807, 2.05) is 16.7 Å². The number of thiophene rings is 1. The predicted molar refractivity (Wildman–Crippen MR) is 153 cm³/mol. The minimum atomic E-state index is -2.55. The number of thioether (sulfide) groups is 1. The van der Waals surface area contributed by atoms with Crippen molar-refractivity contribution < 1.29 is 18.3 Å². The minimum Gasteiger partial charge on any atom is -0.463 e. The fraction of sp³-hybridized carbons (Fsp3) is 0.692. The second-order valence-corrected chi connectivity index (χ2v) is 14.1. The summed E-state index contributed by atoms with van der Waals surface area (Å²) in [5.74, 6) is 1.45. The summed E-state index contributed by atoms with van der Waals surface area (Å²) in [7, 11) is 0. The zero-order valence-corrected chi connectivity index (χ0v) is 24.3. The normalized spacial score (nSPS) is 24.8. The summed E-state index contributed by atoms with van der Waals surface area (Å²) in [6.07, 6.45) is -0.413. The van der Waals surface area contributed by atoms with E-state index >= 15 is 0 Å². The van der Waals surface area contributed by atoms with Crippen molar-refractivity contribution in [1.82, 2.24) is 25.2 Å². The van der Waals surface area contributed by atoms with Crippen LogP contribution in [0.15, 0.2) is 0 Å². The van der Waals surface area contributed by atoms with Crippen LogP contribution >= 0.6 is 23.1 Å². The first-order valence-corrected chi connectivity index (χ1v) is 15.8. The molecule has 1 atom stereocenters. The van der Waals surface area contributed by atoms with Crippen molar-refractivity contribution in [2.45, 2.75) is 35.8 Å². The molecule has 3 saturated heterocycles. The van der Waals surface area contributed by atoms with E-state index in [0.29, 0.717) is 49.3 Å². The van der Waals surface area contributed by atoms with Crippen LogP contribution in [0, 0.1) is 16.7 Å². The fourth-order valence-corrected chi connectivity index (χ4v) is 9.08. The van der Waals surface area contributed by atoms with Gasteiger partial charge < -0.3 is 30.3 Å². The zero-order valence-electron chi connectivity index (χ0n) is 22.7. The van der Waals surface area contributed by atoms with Gasteiger partial charge in [0.25, 0.3) is 6.43 Å². The molecule has 4 fully saturated rings. The van der Waals surface area contributed by atoms with E-state index in [4.69, 9.17) is 20.2 Å². The number of hydrogen-bond acceptors (Lipinski definition) is 13. The Morgan fingerprint density at radius 2 is 1.95 bits per heavy atom. The van der Waals surface area contributed by atoms with Crippen LogP contribution in [-0.2, 0) is 15.2 Å². The second-order valence-electron chi connectivity index (χ2n) is 11.6. The number of halogens is 2. The van der Waals surface area contributed by atoms with Crippen LogP contribution in [0.3, 0.4) is 0 Å². The molecule has 0 bridgehead atoms. The number of anilines is 3. The van der Waals surface area contributed by atoms with Gasteiger partial charge in [-0.15, -0.1) is 23.1 Å². The standard InChI is InChI=1S/C26H33F2N9O2S2/c27-20(28)17-10-31-3-4-37(17)23-32-22(36-13-26(14-36)19-16(9-29)21(30)41-18(19)11-40-26)33-24(34-23)39-15-25(1-2-25)12-35-5-7-38-8-6-35/h17,20,31H,1-8,10-15,30H2/t17-/m0/s1. The number of morpholine rings is 1. The van der Waals surface area contributed by atoms with E-state index in [-0.39, 0.29) is 28.7 Å². The van der Waals surface area contributed by atoms with Crippen molar-refractivity contribution in [3.05, 3.63) is 16.0 Å². The second kappa shape index (κ2) is 10.6. The van der Waals surface area contributed by atoms with Crippen LogP contribution in [0.2, 0.25) is 0 Å². The maximum atomic E-state index is 14.0. The van der Waals surface area contributed by atoms with Gasteiger partial charge in [0.2, 0.25) is 11.9 Å². The first kappa shape index (κ1) is 27.3. The van der Waals surface area contributed by atoms with Crippen LogP contribution in [0.1, 0.15) is 28.8 Å². The molecular formula is C26H33F2N9O2S2. The summed E-state index contributed by atoms with van der Waals surface area (Å²) >= 11 is 3.30. The SMILES string of the molecule is N#Cc1c(N)sc2c1C1(CN(c3nc(OCC4(CN5CCOCC5)CC4)nc(N4CCNC[C@H]4C(F)F)n3)C1)SC2. The summed E-state index contributed by atoms with van der Waals surface area (Å²) in [4.78, 5) is 21.1. The Hall–Kier alpha value is -2.51. The number of rotatable bonds is 8. The molecule has 0 radical (unpaired) electrons. The van der Waals surface area contributed by atoms with Crippen molar-refractivity contribution in [3.63, 3.8) is 0 Å². The van der Waals surface area contributed by atoms with E-state index in [1.54, 1.807) is 4.90 Å². The smallest absolute Gasteiger partial charge is 0.323 e. The third kappa shape index (κ3) is 5.07. The summed E-state index contributed by atoms with van der Waals surface area (Å²) < 4.78 is 39.5. The maximum Gasteiger partial charge on any atom is 0.323 e. The molecule has 4 aliphatic heterocycles. The number of fused-ring (bicyclic) bond motifs is 2. The van der Waals surface area contributed by atoms with Crippen LogP contribution in [0.4, 0.5) is 25.7 Å². The molecule has 220 valence electrons. The van der Waals surface area contributed by atoms with E-state index in [1.165, 1.54) is 11.3 Å². The number of nitrogens with two attached hydrogens (primary N) is 1. The van der Waals surface area contributed by atoms with E-state index in [2.05, 4.69) is 26.3 Å². The molecule has 1 aliphatic carbocycles. The molecule has 1 spiro atoms. The average Bonchev–Trinajstić information content (AvgIpc) is 3.51. The maximum absolute atomic E-state index is 14.0. The molecule has 6 heterocycles. The Morgan fingerprint density at radius 3 is 2.68 bits per heavy atom. The van der Waals surface area contributed by atoms with Crippen molar-refractivity contribution >= 4 is 40.0 Å². The Labute approximate surface area is 245 Å². The number of piperazine rings is 1. The Morgan fingerprint density at radius 1 is 1.17 bits per heavy atom. The predicted octanol–water partition coefficient (Wildman–Crippen LogP) is 1.88. The van der Waals surface area contributed by atoms with Crippen molar-refractivity contribution in [2.24, 2.45) is 5.41 Å². The molecule has 3 N–H and O–H groups in total. The molecule has 11 nitrogen and oxygen atoms in total. The van der Waals surface area contributed by atoms with E-state index in [0.717, 1.165) is 61.9 Å². The largest absolute Gasteiger partial charge is 0.463 e. The number of nitrogens with one attached hydrogen (secondary N) is 1. The fourth-order valence-electron chi connectivity index (χ4n) is 6.27. The third-order valence-corrected chi connectivity index (χ3v) is 11.4. The summed E-state index contributed by atoms with van der Waals surface area (Å²) in [6, 6.07) is 1.43. The van der Waals surface area contributed by atoms with Gasteiger partial charge in [-0.1, -0.05) is 0 Å². The molecule has 0 amide bonds. The highest BCUT2D eigenvalue weighted by Gasteiger charge is 2.53. The Balaban J connectivity index is 1.14. The highest BCUT2D eigenvalue weighted by Crippen LogP contribution is 2.57. The lowest BCUT2D eigenvalue weighted by Gasteiger charge is -2.48. The molecule has 1 saturated carbocycles. The van der Waals surface area contributed by atoms with Gasteiger partial charge in [-0.3, -0.25) is 4.90 Å². The van der Waals surface area contributed by atoms with Gasteiger partial charge in [0.15, 0.2) is 0 Å². The molecule has 0 aromatic carbocycles. The van der Waals surface area contributed by atoms with Gasteiger partial charge in [-0.2, -0.15) is 20.2 Å². The van der Waals surface area contributed by atoms with Gasteiger partial charge in [0.1, 0.15) is 17.1 Å². The third-order valence-electron chi connectivity index (χ3n) is 8.78. The van der Waals surface area contributed by atoms with Gasteiger partial charge in [0, 0.05) is 74.0 Å². The quantitative estimate of drug-likeness (QED) is 0.456. The number of nitriles is 1. The van der Waals surface area contributed by atoms with Crippen LogP contribution in [0.25, 0.3) is 0 Å². The average molecular weight is 606 g/mol. The number of alkyl halides is 2. The molecular weight excluding hydrogens is 572 g/mol.